The summed E-state index contributed by atoms with van der Waals surface area (Å²) in [4.78, 5) is 30.5. The Hall–Kier alpha value is -3.15. The summed E-state index contributed by atoms with van der Waals surface area (Å²) >= 11 is 0. The fourth-order valence-electron chi connectivity index (χ4n) is 2.57. The van der Waals surface area contributed by atoms with Gasteiger partial charge in [0, 0.05) is 24.6 Å². The summed E-state index contributed by atoms with van der Waals surface area (Å²) in [6.07, 6.45) is 0.703. The number of carbonyl (C=O) groups is 2. The Kier molecular flexibility index (Phi) is 4.52. The van der Waals surface area contributed by atoms with Gasteiger partial charge in [-0.1, -0.05) is 24.3 Å². The minimum Gasteiger partial charge on any atom is -0.448 e. The van der Waals surface area contributed by atoms with Crippen LogP contribution in [0.3, 0.4) is 0 Å². The zero-order chi connectivity index (χ0) is 18.0. The highest BCUT2D eigenvalue weighted by atomic mass is 16.5. The molecule has 0 unspecified atom stereocenters. The Morgan fingerprint density at radius 2 is 1.84 bits per heavy atom. The highest BCUT2D eigenvalue weighted by Crippen LogP contribution is 2.14. The van der Waals surface area contributed by atoms with E-state index in [0.717, 1.165) is 11.4 Å². The maximum absolute atomic E-state index is 12.5. The molecule has 6 nitrogen and oxygen atoms in total. The molecule has 0 bridgehead atoms. The first-order chi connectivity index (χ1) is 12.0. The van der Waals surface area contributed by atoms with Crippen molar-refractivity contribution in [1.82, 2.24) is 9.38 Å². The lowest BCUT2D eigenvalue weighted by Gasteiger charge is -2.21. The number of fused-ring (bicyclic) bond motifs is 1. The van der Waals surface area contributed by atoms with E-state index in [0.29, 0.717) is 5.65 Å². The van der Waals surface area contributed by atoms with Crippen molar-refractivity contribution in [3.8, 4) is 0 Å². The largest absolute Gasteiger partial charge is 0.448 e. The number of imidazole rings is 1. The van der Waals surface area contributed by atoms with Crippen molar-refractivity contribution >= 4 is 23.2 Å². The summed E-state index contributed by atoms with van der Waals surface area (Å²) in [5.41, 5.74) is 2.53. The van der Waals surface area contributed by atoms with Gasteiger partial charge in [0.1, 0.15) is 5.65 Å². The molecule has 128 valence electrons. The highest BCUT2D eigenvalue weighted by Gasteiger charge is 2.24. The molecule has 6 heteroatoms. The Balaban J connectivity index is 1.73. The number of anilines is 1. The molecule has 0 aliphatic carbocycles. The summed E-state index contributed by atoms with van der Waals surface area (Å²) in [6, 6.07) is 14.8. The van der Waals surface area contributed by atoms with Gasteiger partial charge in [-0.05, 0) is 38.1 Å². The predicted octanol–water partition coefficient (Wildman–Crippen LogP) is 2.85. The van der Waals surface area contributed by atoms with E-state index >= 15 is 0 Å². The van der Waals surface area contributed by atoms with Gasteiger partial charge in [0.2, 0.25) is 0 Å². The van der Waals surface area contributed by atoms with E-state index < -0.39 is 12.1 Å². The number of hydrogen-bond donors (Lipinski definition) is 0. The van der Waals surface area contributed by atoms with E-state index in [1.54, 1.807) is 24.6 Å². The molecule has 2 aromatic heterocycles. The number of likely N-dealkylation sites (N-methyl/N-ethyl adjacent to an activating group) is 1. The Labute approximate surface area is 145 Å². The molecule has 0 saturated carbocycles. The van der Waals surface area contributed by atoms with E-state index in [9.17, 15) is 9.59 Å². The third-order valence-electron chi connectivity index (χ3n) is 4.01. The molecule has 0 aliphatic heterocycles. The van der Waals surface area contributed by atoms with Crippen LogP contribution in [-0.4, -0.2) is 34.4 Å². The number of carbonyl (C=O) groups excluding carboxylic acids is 2. The lowest BCUT2D eigenvalue weighted by Crippen LogP contribution is -2.37. The smallest absolute Gasteiger partial charge is 0.359 e. The fourth-order valence-corrected chi connectivity index (χ4v) is 2.57. The standard InChI is InChI=1S/C19H19N3O3/c1-13-8-7-11-17-20-16(12-22(13)17)19(24)25-14(2)18(23)21(3)15-9-5-4-6-10-15/h4-12,14H,1-3H3/t14-/m1/s1. The van der Waals surface area contributed by atoms with E-state index in [2.05, 4.69) is 4.98 Å². The molecular formula is C19H19N3O3. The molecule has 25 heavy (non-hydrogen) atoms. The van der Waals surface area contributed by atoms with Gasteiger partial charge >= 0.3 is 5.97 Å². The number of para-hydroxylation sites is 1. The number of aryl methyl sites for hydroxylation is 1. The van der Waals surface area contributed by atoms with Gasteiger partial charge in [-0.3, -0.25) is 4.79 Å². The zero-order valence-electron chi connectivity index (χ0n) is 14.3. The summed E-state index contributed by atoms with van der Waals surface area (Å²) in [6.45, 7) is 3.48. The van der Waals surface area contributed by atoms with Crippen LogP contribution in [0.25, 0.3) is 5.65 Å². The van der Waals surface area contributed by atoms with Crippen LogP contribution in [0.15, 0.2) is 54.7 Å². The Bertz CT molecular complexity index is 918. The van der Waals surface area contributed by atoms with Crippen LogP contribution in [0, 0.1) is 6.92 Å². The molecule has 0 radical (unpaired) electrons. The number of esters is 1. The van der Waals surface area contributed by atoms with E-state index in [4.69, 9.17) is 4.74 Å². The highest BCUT2D eigenvalue weighted by molar-refractivity contribution is 5.98. The Morgan fingerprint density at radius 3 is 2.52 bits per heavy atom. The van der Waals surface area contributed by atoms with Crippen molar-refractivity contribution in [3.63, 3.8) is 0 Å². The summed E-state index contributed by atoms with van der Waals surface area (Å²) < 4.78 is 7.11. The number of ether oxygens (including phenoxy) is 1. The summed E-state index contributed by atoms with van der Waals surface area (Å²) in [7, 11) is 1.65. The van der Waals surface area contributed by atoms with E-state index in [1.807, 2.05) is 55.5 Å². The molecule has 3 rings (SSSR count). The lowest BCUT2D eigenvalue weighted by molar-refractivity contribution is -0.126. The first-order valence-electron chi connectivity index (χ1n) is 7.95. The molecule has 0 N–H and O–H groups in total. The van der Waals surface area contributed by atoms with Gasteiger partial charge in [-0.25, -0.2) is 9.78 Å². The minimum atomic E-state index is -0.913. The first kappa shape index (κ1) is 16.7. The van der Waals surface area contributed by atoms with Crippen LogP contribution in [0.2, 0.25) is 0 Å². The van der Waals surface area contributed by atoms with Crippen LogP contribution in [0.5, 0.6) is 0 Å². The topological polar surface area (TPSA) is 63.9 Å². The monoisotopic (exact) mass is 337 g/mol. The van der Waals surface area contributed by atoms with Crippen molar-refractivity contribution < 1.29 is 14.3 Å². The van der Waals surface area contributed by atoms with Gasteiger partial charge in [0.15, 0.2) is 11.8 Å². The second kappa shape index (κ2) is 6.76. The average Bonchev–Trinajstić information content (AvgIpc) is 3.07. The second-order valence-corrected chi connectivity index (χ2v) is 5.80. The third-order valence-corrected chi connectivity index (χ3v) is 4.01. The quantitative estimate of drug-likeness (QED) is 0.687. The van der Waals surface area contributed by atoms with Crippen LogP contribution in [0.1, 0.15) is 23.1 Å². The lowest BCUT2D eigenvalue weighted by atomic mass is 10.2. The molecular weight excluding hydrogens is 318 g/mol. The minimum absolute atomic E-state index is 0.177. The van der Waals surface area contributed by atoms with Crippen molar-refractivity contribution in [2.75, 3.05) is 11.9 Å². The van der Waals surface area contributed by atoms with Crippen molar-refractivity contribution in [2.24, 2.45) is 0 Å². The van der Waals surface area contributed by atoms with Crippen molar-refractivity contribution in [2.45, 2.75) is 20.0 Å². The zero-order valence-corrected chi connectivity index (χ0v) is 14.3. The number of hydrogen-bond acceptors (Lipinski definition) is 4. The molecule has 2 heterocycles. The van der Waals surface area contributed by atoms with Crippen LogP contribution >= 0.6 is 0 Å². The van der Waals surface area contributed by atoms with Gasteiger partial charge in [-0.2, -0.15) is 0 Å². The molecule has 0 aliphatic rings. The van der Waals surface area contributed by atoms with E-state index in [1.165, 1.54) is 4.90 Å². The molecule has 1 atom stereocenters. The molecule has 1 aromatic carbocycles. The third kappa shape index (κ3) is 3.38. The fraction of sp³-hybridized carbons (Fsp3) is 0.211. The summed E-state index contributed by atoms with van der Waals surface area (Å²) in [5.74, 6) is -0.926. The summed E-state index contributed by atoms with van der Waals surface area (Å²) in [5, 5.41) is 0. The van der Waals surface area contributed by atoms with Gasteiger partial charge < -0.3 is 14.0 Å². The molecule has 0 spiro atoms. The van der Waals surface area contributed by atoms with Crippen LogP contribution < -0.4 is 4.90 Å². The maximum atomic E-state index is 12.5. The first-order valence-corrected chi connectivity index (χ1v) is 7.95. The number of rotatable bonds is 4. The van der Waals surface area contributed by atoms with Gasteiger partial charge in [-0.15, -0.1) is 0 Å². The maximum Gasteiger partial charge on any atom is 0.359 e. The molecule has 1 amide bonds. The predicted molar refractivity (Wildman–Crippen MR) is 94.7 cm³/mol. The number of nitrogens with zero attached hydrogens (tertiary/aromatic N) is 3. The number of aromatic nitrogens is 2. The number of pyridine rings is 1. The number of amides is 1. The second-order valence-electron chi connectivity index (χ2n) is 5.80. The molecule has 0 fully saturated rings. The Morgan fingerprint density at radius 1 is 1.12 bits per heavy atom. The van der Waals surface area contributed by atoms with Crippen LogP contribution in [0.4, 0.5) is 5.69 Å². The van der Waals surface area contributed by atoms with Crippen LogP contribution in [-0.2, 0) is 9.53 Å². The van der Waals surface area contributed by atoms with Crippen molar-refractivity contribution in [1.29, 1.82) is 0 Å². The van der Waals surface area contributed by atoms with Gasteiger partial charge in [0.25, 0.3) is 5.91 Å². The molecule has 0 saturated heterocycles. The molecule has 3 aromatic rings. The van der Waals surface area contributed by atoms with Gasteiger partial charge in [0.05, 0.1) is 0 Å². The average molecular weight is 337 g/mol. The SMILES string of the molecule is Cc1cccc2nc(C(=O)O[C@H](C)C(=O)N(C)c3ccccc3)cn12. The normalized spacial score (nSPS) is 12.0. The van der Waals surface area contributed by atoms with E-state index in [-0.39, 0.29) is 11.6 Å². The number of benzene rings is 1. The van der Waals surface area contributed by atoms with Crippen molar-refractivity contribution in [3.05, 3.63) is 66.1 Å².